The standard InChI is InChI=1S/C9H16F2N2O4/c1-2-12(6-8(15)16)9(17)13(3-4-14)5-7(10)11/h7,14H,2-6H2,1H3,(H,15,16). The summed E-state index contributed by atoms with van der Waals surface area (Å²) in [5.41, 5.74) is 0. The minimum atomic E-state index is -2.73. The van der Waals surface area contributed by atoms with E-state index in [-0.39, 0.29) is 13.1 Å². The smallest absolute Gasteiger partial charge is 0.323 e. The number of nitrogens with zero attached hydrogens (tertiary/aromatic N) is 2. The highest BCUT2D eigenvalue weighted by Crippen LogP contribution is 2.03. The second kappa shape index (κ2) is 7.77. The lowest BCUT2D eigenvalue weighted by molar-refractivity contribution is -0.137. The molecule has 17 heavy (non-hydrogen) atoms. The molecule has 0 saturated carbocycles. The third kappa shape index (κ3) is 6.00. The average molecular weight is 254 g/mol. The Morgan fingerprint density at radius 3 is 2.24 bits per heavy atom. The summed E-state index contributed by atoms with van der Waals surface area (Å²) in [6.07, 6.45) is -2.73. The number of amides is 2. The Morgan fingerprint density at radius 1 is 1.29 bits per heavy atom. The van der Waals surface area contributed by atoms with Gasteiger partial charge in [0, 0.05) is 13.1 Å². The van der Waals surface area contributed by atoms with Crippen LogP contribution in [0.3, 0.4) is 0 Å². The molecule has 0 atom stereocenters. The number of alkyl halides is 2. The van der Waals surface area contributed by atoms with Crippen molar-refractivity contribution in [3.05, 3.63) is 0 Å². The fourth-order valence-electron chi connectivity index (χ4n) is 1.23. The van der Waals surface area contributed by atoms with Crippen molar-refractivity contribution in [2.75, 3.05) is 32.8 Å². The summed E-state index contributed by atoms with van der Waals surface area (Å²) < 4.78 is 24.4. The SMILES string of the molecule is CCN(CC(=O)O)C(=O)N(CCO)CC(F)F. The Hall–Kier alpha value is -1.44. The van der Waals surface area contributed by atoms with Crippen LogP contribution in [0.4, 0.5) is 13.6 Å². The summed E-state index contributed by atoms with van der Waals surface area (Å²) >= 11 is 0. The van der Waals surface area contributed by atoms with Crippen LogP contribution in [0.5, 0.6) is 0 Å². The van der Waals surface area contributed by atoms with Gasteiger partial charge >= 0.3 is 12.0 Å². The molecule has 0 aromatic heterocycles. The number of carbonyl (C=O) groups is 2. The summed E-state index contributed by atoms with van der Waals surface area (Å²) in [4.78, 5) is 23.8. The van der Waals surface area contributed by atoms with E-state index in [1.807, 2.05) is 0 Å². The van der Waals surface area contributed by atoms with Gasteiger partial charge in [0.15, 0.2) is 0 Å². The lowest BCUT2D eigenvalue weighted by Gasteiger charge is -2.28. The van der Waals surface area contributed by atoms with Gasteiger partial charge in [0.1, 0.15) is 6.54 Å². The third-order valence-corrected chi connectivity index (χ3v) is 1.98. The van der Waals surface area contributed by atoms with Crippen LogP contribution >= 0.6 is 0 Å². The summed E-state index contributed by atoms with van der Waals surface area (Å²) in [5.74, 6) is -1.22. The molecule has 0 aliphatic carbocycles. The highest BCUT2D eigenvalue weighted by atomic mass is 19.3. The van der Waals surface area contributed by atoms with Crippen molar-refractivity contribution in [3.63, 3.8) is 0 Å². The number of carboxylic acids is 1. The summed E-state index contributed by atoms with van der Waals surface area (Å²) in [6.45, 7) is -0.449. The van der Waals surface area contributed by atoms with Crippen LogP contribution in [0, 0.1) is 0 Å². The number of carbonyl (C=O) groups excluding carboxylic acids is 1. The minimum Gasteiger partial charge on any atom is -0.480 e. The van der Waals surface area contributed by atoms with E-state index >= 15 is 0 Å². The van der Waals surface area contributed by atoms with E-state index in [1.54, 1.807) is 6.92 Å². The van der Waals surface area contributed by atoms with Crippen molar-refractivity contribution < 1.29 is 28.6 Å². The Kier molecular flexibility index (Phi) is 7.11. The van der Waals surface area contributed by atoms with Crippen LogP contribution in [0.2, 0.25) is 0 Å². The van der Waals surface area contributed by atoms with Crippen LogP contribution < -0.4 is 0 Å². The minimum absolute atomic E-state index is 0.0936. The van der Waals surface area contributed by atoms with Crippen LogP contribution in [-0.2, 0) is 4.79 Å². The normalized spacial score (nSPS) is 10.4. The Labute approximate surface area is 97.4 Å². The number of rotatable bonds is 7. The van der Waals surface area contributed by atoms with Gasteiger partial charge in [0.05, 0.1) is 13.2 Å². The number of urea groups is 1. The molecule has 0 aliphatic rings. The second-order valence-corrected chi connectivity index (χ2v) is 3.25. The van der Waals surface area contributed by atoms with E-state index in [1.165, 1.54) is 0 Å². The molecule has 0 radical (unpaired) electrons. The molecular weight excluding hydrogens is 238 g/mol. The van der Waals surface area contributed by atoms with Crippen molar-refractivity contribution in [1.29, 1.82) is 0 Å². The average Bonchev–Trinajstić information content (AvgIpc) is 2.23. The maximum absolute atomic E-state index is 12.2. The molecule has 0 aromatic rings. The zero-order valence-corrected chi connectivity index (χ0v) is 9.47. The summed E-state index contributed by atoms with van der Waals surface area (Å²) in [7, 11) is 0. The quantitative estimate of drug-likeness (QED) is 0.673. The summed E-state index contributed by atoms with van der Waals surface area (Å²) in [6, 6.07) is -0.816. The van der Waals surface area contributed by atoms with Crippen molar-refractivity contribution in [2.45, 2.75) is 13.3 Å². The van der Waals surface area contributed by atoms with Gasteiger partial charge in [0.2, 0.25) is 0 Å². The number of hydrogen-bond donors (Lipinski definition) is 2. The Bertz CT molecular complexity index is 263. The highest BCUT2D eigenvalue weighted by Gasteiger charge is 2.23. The van der Waals surface area contributed by atoms with Crippen molar-refractivity contribution in [2.24, 2.45) is 0 Å². The lowest BCUT2D eigenvalue weighted by atomic mass is 10.4. The molecule has 0 heterocycles. The van der Waals surface area contributed by atoms with E-state index in [0.29, 0.717) is 0 Å². The van der Waals surface area contributed by atoms with Gasteiger partial charge in [-0.25, -0.2) is 13.6 Å². The summed E-state index contributed by atoms with van der Waals surface area (Å²) in [5, 5.41) is 17.2. The van der Waals surface area contributed by atoms with Gasteiger partial charge in [-0.15, -0.1) is 0 Å². The Balaban J connectivity index is 4.59. The van der Waals surface area contributed by atoms with Gasteiger partial charge in [-0.1, -0.05) is 0 Å². The van der Waals surface area contributed by atoms with E-state index in [4.69, 9.17) is 10.2 Å². The van der Waals surface area contributed by atoms with E-state index in [2.05, 4.69) is 0 Å². The molecule has 0 saturated heterocycles. The first-order valence-corrected chi connectivity index (χ1v) is 5.07. The molecule has 6 nitrogen and oxygen atoms in total. The van der Waals surface area contributed by atoms with Crippen molar-refractivity contribution in [1.82, 2.24) is 9.80 Å². The first-order chi connectivity index (χ1) is 7.92. The van der Waals surface area contributed by atoms with Crippen LogP contribution in [0.25, 0.3) is 0 Å². The molecule has 0 fully saturated rings. The zero-order chi connectivity index (χ0) is 13.4. The molecule has 8 heteroatoms. The number of aliphatic hydroxyl groups is 1. The molecule has 0 rings (SSSR count). The van der Waals surface area contributed by atoms with Crippen molar-refractivity contribution in [3.8, 4) is 0 Å². The maximum atomic E-state index is 12.2. The van der Waals surface area contributed by atoms with Crippen molar-refractivity contribution >= 4 is 12.0 Å². The maximum Gasteiger partial charge on any atom is 0.323 e. The molecule has 2 N–H and O–H groups in total. The number of aliphatic hydroxyl groups excluding tert-OH is 1. The molecular formula is C9H16F2N2O4. The van der Waals surface area contributed by atoms with Gasteiger partial charge in [-0.3, -0.25) is 4.79 Å². The van der Waals surface area contributed by atoms with E-state index in [9.17, 15) is 18.4 Å². The molecule has 100 valence electrons. The lowest BCUT2D eigenvalue weighted by Crippen LogP contribution is -2.47. The van der Waals surface area contributed by atoms with Crippen LogP contribution in [0.1, 0.15) is 6.92 Å². The highest BCUT2D eigenvalue weighted by molar-refractivity contribution is 5.80. The van der Waals surface area contributed by atoms with Gasteiger partial charge in [0.25, 0.3) is 6.43 Å². The number of hydrogen-bond acceptors (Lipinski definition) is 3. The zero-order valence-electron chi connectivity index (χ0n) is 9.47. The largest absolute Gasteiger partial charge is 0.480 e. The second-order valence-electron chi connectivity index (χ2n) is 3.25. The number of halogens is 2. The molecule has 0 unspecified atom stereocenters. The Morgan fingerprint density at radius 2 is 1.88 bits per heavy atom. The predicted octanol–water partition coefficient (Wildman–Crippen LogP) is 0.0723. The predicted molar refractivity (Wildman–Crippen MR) is 54.9 cm³/mol. The molecule has 2 amide bonds. The van der Waals surface area contributed by atoms with Gasteiger partial charge < -0.3 is 20.0 Å². The third-order valence-electron chi connectivity index (χ3n) is 1.98. The molecule has 0 spiro atoms. The van der Waals surface area contributed by atoms with E-state index in [0.717, 1.165) is 9.80 Å². The number of likely N-dealkylation sites (N-methyl/N-ethyl adjacent to an activating group) is 1. The van der Waals surface area contributed by atoms with Crippen LogP contribution in [-0.4, -0.2) is 71.2 Å². The fraction of sp³-hybridized carbons (Fsp3) is 0.778. The number of carboxylic acid groups (broad SMARTS) is 1. The van der Waals surface area contributed by atoms with Gasteiger partial charge in [-0.2, -0.15) is 0 Å². The molecule has 0 aromatic carbocycles. The molecule has 0 bridgehead atoms. The number of aliphatic carboxylic acids is 1. The van der Waals surface area contributed by atoms with Gasteiger partial charge in [-0.05, 0) is 6.92 Å². The topological polar surface area (TPSA) is 81.1 Å². The van der Waals surface area contributed by atoms with E-state index < -0.39 is 38.1 Å². The fourth-order valence-corrected chi connectivity index (χ4v) is 1.23. The molecule has 0 aliphatic heterocycles. The first kappa shape index (κ1) is 15.6. The monoisotopic (exact) mass is 254 g/mol. The van der Waals surface area contributed by atoms with Crippen LogP contribution in [0.15, 0.2) is 0 Å². The first-order valence-electron chi connectivity index (χ1n) is 5.07.